The van der Waals surface area contributed by atoms with Gasteiger partial charge in [0.15, 0.2) is 0 Å². The van der Waals surface area contributed by atoms with Gasteiger partial charge in [-0.15, -0.1) is 0 Å². The fourth-order valence-corrected chi connectivity index (χ4v) is 2.52. The van der Waals surface area contributed by atoms with Crippen molar-refractivity contribution >= 4 is 23.3 Å². The molecule has 2 N–H and O–H groups in total. The number of hydrogen-bond acceptors (Lipinski definition) is 5. The molecular weight excluding hydrogens is 270 g/mol. The lowest BCUT2D eigenvalue weighted by molar-refractivity contribution is 0.290. The van der Waals surface area contributed by atoms with E-state index in [2.05, 4.69) is 30.1 Å². The molecule has 0 aliphatic heterocycles. The van der Waals surface area contributed by atoms with Gasteiger partial charge in [0.1, 0.15) is 5.82 Å². The van der Waals surface area contributed by atoms with E-state index in [0.29, 0.717) is 23.5 Å². The Balaban J connectivity index is 2.00. The highest BCUT2D eigenvalue weighted by Crippen LogP contribution is 2.31. The number of nitrogens with zero attached hydrogens (tertiary/aromatic N) is 2. The molecule has 1 fully saturated rings. The third kappa shape index (κ3) is 4.20. The van der Waals surface area contributed by atoms with Crippen molar-refractivity contribution in [1.82, 2.24) is 4.98 Å². The van der Waals surface area contributed by atoms with Gasteiger partial charge in [-0.05, 0) is 56.2 Å². The van der Waals surface area contributed by atoms with Crippen LogP contribution >= 0.6 is 11.8 Å². The van der Waals surface area contributed by atoms with Gasteiger partial charge in [0.05, 0.1) is 12.3 Å². The Kier molecular flexibility index (Phi) is 5.40. The van der Waals surface area contributed by atoms with Crippen molar-refractivity contribution in [3.8, 4) is 5.88 Å². The summed E-state index contributed by atoms with van der Waals surface area (Å²) in [4.78, 5) is 6.77. The van der Waals surface area contributed by atoms with Crippen LogP contribution in [0.2, 0.25) is 0 Å². The zero-order chi connectivity index (χ0) is 14.5. The van der Waals surface area contributed by atoms with Gasteiger partial charge in [-0.2, -0.15) is 16.7 Å². The van der Waals surface area contributed by atoms with Crippen molar-refractivity contribution in [2.24, 2.45) is 5.92 Å². The Morgan fingerprint density at radius 3 is 2.90 bits per heavy atom. The summed E-state index contributed by atoms with van der Waals surface area (Å²) in [5.74, 6) is 3.38. The van der Waals surface area contributed by atoms with Gasteiger partial charge in [-0.25, -0.2) is 0 Å². The molecule has 1 aromatic heterocycles. The lowest BCUT2D eigenvalue weighted by Gasteiger charge is -2.26. The van der Waals surface area contributed by atoms with Gasteiger partial charge < -0.3 is 15.4 Å². The largest absolute Gasteiger partial charge is 0.476 e. The summed E-state index contributed by atoms with van der Waals surface area (Å²) < 4.78 is 5.75. The smallest absolute Gasteiger partial charge is 0.239 e. The van der Waals surface area contributed by atoms with E-state index in [1.165, 1.54) is 12.8 Å². The van der Waals surface area contributed by atoms with E-state index in [9.17, 15) is 0 Å². The Morgan fingerprint density at radius 2 is 2.25 bits per heavy atom. The van der Waals surface area contributed by atoms with Gasteiger partial charge in [0.2, 0.25) is 5.88 Å². The van der Waals surface area contributed by atoms with Crippen LogP contribution in [-0.4, -0.2) is 36.7 Å². The third-order valence-electron chi connectivity index (χ3n) is 3.79. The zero-order valence-electron chi connectivity index (χ0n) is 12.6. The van der Waals surface area contributed by atoms with Gasteiger partial charge in [-0.3, -0.25) is 0 Å². The van der Waals surface area contributed by atoms with E-state index < -0.39 is 0 Å². The average molecular weight is 295 g/mol. The maximum absolute atomic E-state index is 5.94. The van der Waals surface area contributed by atoms with E-state index in [-0.39, 0.29) is 0 Å². The van der Waals surface area contributed by atoms with Crippen molar-refractivity contribution in [2.75, 3.05) is 36.3 Å². The predicted molar refractivity (Wildman–Crippen MR) is 87.7 cm³/mol. The van der Waals surface area contributed by atoms with Crippen LogP contribution in [0.15, 0.2) is 12.1 Å². The van der Waals surface area contributed by atoms with Crippen molar-refractivity contribution in [1.29, 1.82) is 0 Å². The highest BCUT2D eigenvalue weighted by Gasteiger charge is 2.23. The van der Waals surface area contributed by atoms with Crippen LogP contribution in [0, 0.1) is 5.92 Å². The number of thioether (sulfide) groups is 1. The van der Waals surface area contributed by atoms with Crippen LogP contribution in [0.3, 0.4) is 0 Å². The van der Waals surface area contributed by atoms with Gasteiger partial charge in [0, 0.05) is 13.1 Å². The molecule has 4 nitrogen and oxygen atoms in total. The first-order valence-electron chi connectivity index (χ1n) is 7.23. The molecule has 0 saturated heterocycles. The van der Waals surface area contributed by atoms with Crippen LogP contribution < -0.4 is 15.4 Å². The molecule has 0 spiro atoms. The number of nitrogen functional groups attached to an aromatic ring is 1. The molecule has 1 aliphatic rings. The van der Waals surface area contributed by atoms with Gasteiger partial charge in [0.25, 0.3) is 0 Å². The van der Waals surface area contributed by atoms with Crippen LogP contribution in [-0.2, 0) is 0 Å². The minimum Gasteiger partial charge on any atom is -0.476 e. The molecule has 1 atom stereocenters. The maximum atomic E-state index is 5.94. The second kappa shape index (κ2) is 7.07. The molecule has 1 heterocycles. The first kappa shape index (κ1) is 15.3. The normalized spacial score (nSPS) is 15.9. The maximum Gasteiger partial charge on any atom is 0.239 e. The van der Waals surface area contributed by atoms with E-state index in [0.717, 1.165) is 24.6 Å². The number of anilines is 2. The monoisotopic (exact) mass is 295 g/mol. The molecule has 1 saturated carbocycles. The third-order valence-corrected chi connectivity index (χ3v) is 4.43. The minimum absolute atomic E-state index is 0.454. The highest BCUT2D eigenvalue weighted by atomic mass is 32.2. The minimum atomic E-state index is 0.454. The first-order valence-corrected chi connectivity index (χ1v) is 8.62. The summed E-state index contributed by atoms with van der Waals surface area (Å²) in [5.41, 5.74) is 6.57. The van der Waals surface area contributed by atoms with Crippen LogP contribution in [0.5, 0.6) is 5.88 Å². The van der Waals surface area contributed by atoms with Crippen molar-refractivity contribution in [2.45, 2.75) is 32.2 Å². The van der Waals surface area contributed by atoms with E-state index in [4.69, 9.17) is 10.5 Å². The van der Waals surface area contributed by atoms with Crippen LogP contribution in [0.4, 0.5) is 11.5 Å². The quantitative estimate of drug-likeness (QED) is 0.799. The number of aromatic nitrogens is 1. The van der Waals surface area contributed by atoms with Crippen LogP contribution in [0.1, 0.15) is 26.2 Å². The molecule has 112 valence electrons. The second-order valence-corrected chi connectivity index (χ2v) is 6.55. The van der Waals surface area contributed by atoms with Crippen molar-refractivity contribution in [3.63, 3.8) is 0 Å². The molecular formula is C15H25N3OS. The lowest BCUT2D eigenvalue weighted by atomic mass is 10.2. The SMILES string of the molecule is CSCCC(C)N(C)c1ccc(N)c(OCC2CC2)n1. The Labute approximate surface area is 126 Å². The predicted octanol–water partition coefficient (Wildman–Crippen LogP) is 3.03. The van der Waals surface area contributed by atoms with E-state index in [1.54, 1.807) is 0 Å². The van der Waals surface area contributed by atoms with Crippen molar-refractivity contribution in [3.05, 3.63) is 12.1 Å². The van der Waals surface area contributed by atoms with E-state index in [1.807, 2.05) is 23.9 Å². The molecule has 1 aliphatic carbocycles. The van der Waals surface area contributed by atoms with Gasteiger partial charge in [-0.1, -0.05) is 0 Å². The Morgan fingerprint density at radius 1 is 1.50 bits per heavy atom. The number of rotatable bonds is 8. The fraction of sp³-hybridized carbons (Fsp3) is 0.667. The average Bonchev–Trinajstić information content (AvgIpc) is 3.27. The zero-order valence-corrected chi connectivity index (χ0v) is 13.4. The molecule has 1 unspecified atom stereocenters. The van der Waals surface area contributed by atoms with E-state index >= 15 is 0 Å². The fourth-order valence-electron chi connectivity index (χ4n) is 1.94. The molecule has 5 heteroatoms. The second-order valence-electron chi connectivity index (χ2n) is 5.56. The number of ether oxygens (including phenoxy) is 1. The molecule has 0 radical (unpaired) electrons. The molecule has 20 heavy (non-hydrogen) atoms. The summed E-state index contributed by atoms with van der Waals surface area (Å²) in [7, 11) is 2.08. The van der Waals surface area contributed by atoms with Crippen LogP contribution in [0.25, 0.3) is 0 Å². The van der Waals surface area contributed by atoms with Gasteiger partial charge >= 0.3 is 0 Å². The molecule has 1 aromatic rings. The molecule has 0 aromatic carbocycles. The summed E-state index contributed by atoms with van der Waals surface area (Å²) in [6.07, 6.45) is 5.82. The standard InChI is InChI=1S/C15H25N3OS/c1-11(8-9-20-3)18(2)14-7-6-13(16)15(17-14)19-10-12-4-5-12/h6-7,11-12H,4-5,8-10,16H2,1-3H3. The Hall–Kier alpha value is -1.10. The number of pyridine rings is 1. The molecule has 0 amide bonds. The topological polar surface area (TPSA) is 51.4 Å². The molecule has 0 bridgehead atoms. The summed E-state index contributed by atoms with van der Waals surface area (Å²) >= 11 is 1.87. The Bertz CT molecular complexity index is 437. The number of nitrogens with two attached hydrogens (primary N) is 1. The lowest BCUT2D eigenvalue weighted by Crippen LogP contribution is -2.30. The molecule has 2 rings (SSSR count). The first-order chi connectivity index (χ1) is 9.61. The number of hydrogen-bond donors (Lipinski definition) is 1. The highest BCUT2D eigenvalue weighted by molar-refractivity contribution is 7.98. The van der Waals surface area contributed by atoms with Crippen molar-refractivity contribution < 1.29 is 4.74 Å². The summed E-state index contributed by atoms with van der Waals surface area (Å²) in [6.45, 7) is 2.96. The summed E-state index contributed by atoms with van der Waals surface area (Å²) in [6, 6.07) is 4.31. The summed E-state index contributed by atoms with van der Waals surface area (Å²) in [5, 5.41) is 0.